The first-order valence-electron chi connectivity index (χ1n) is 5.21. The molecule has 0 radical (unpaired) electrons. The van der Waals surface area contributed by atoms with Gasteiger partial charge in [0.25, 0.3) is 0 Å². The van der Waals surface area contributed by atoms with Gasteiger partial charge in [-0.2, -0.15) is 0 Å². The first kappa shape index (κ1) is 11.0. The molecule has 0 atom stereocenters. The zero-order chi connectivity index (χ0) is 10.1. The van der Waals surface area contributed by atoms with E-state index in [0.29, 0.717) is 0 Å². The maximum absolute atomic E-state index is 4.02. The van der Waals surface area contributed by atoms with Gasteiger partial charge in [-0.3, -0.25) is 0 Å². The normalized spacial score (nSPS) is 15.9. The van der Waals surface area contributed by atoms with E-state index >= 15 is 0 Å². The van der Waals surface area contributed by atoms with Crippen LogP contribution in [0.2, 0.25) is 0 Å². The Morgan fingerprint density at radius 3 is 2.88 bits per heavy atom. The number of hydrogen-bond donors (Lipinski definition) is 1. The Labute approximate surface area is 101 Å². The van der Waals surface area contributed by atoms with E-state index in [1.54, 1.807) is 6.33 Å². The summed E-state index contributed by atoms with van der Waals surface area (Å²) >= 11 is 0. The van der Waals surface area contributed by atoms with Crippen LogP contribution in [0.25, 0.3) is 11.6 Å². The van der Waals surface area contributed by atoms with Crippen LogP contribution in [0.5, 0.6) is 0 Å². The van der Waals surface area contributed by atoms with Crippen LogP contribution in [0.1, 0.15) is 23.2 Å². The summed E-state index contributed by atoms with van der Waals surface area (Å²) in [4.78, 5) is 7.13. The Morgan fingerprint density at radius 1 is 1.19 bits per heavy atom. The van der Waals surface area contributed by atoms with E-state index in [0.717, 1.165) is 18.5 Å². The number of imidazole rings is 1. The molecule has 1 aromatic carbocycles. The molecule has 0 saturated carbocycles. The van der Waals surface area contributed by atoms with E-state index in [-0.39, 0.29) is 12.4 Å². The van der Waals surface area contributed by atoms with Crippen molar-refractivity contribution in [2.24, 2.45) is 0 Å². The van der Waals surface area contributed by atoms with Crippen molar-refractivity contribution in [3.05, 3.63) is 53.6 Å². The monoisotopic (exact) mass is 232 g/mol. The fourth-order valence-corrected chi connectivity index (χ4v) is 2.14. The molecule has 2 aromatic rings. The molecule has 3 heteroatoms. The number of allylic oxidation sites excluding steroid dienone is 1. The van der Waals surface area contributed by atoms with Crippen molar-refractivity contribution >= 4 is 24.1 Å². The van der Waals surface area contributed by atoms with Gasteiger partial charge in [0, 0.05) is 0 Å². The Bertz CT molecular complexity index is 500. The topological polar surface area (TPSA) is 28.7 Å². The van der Waals surface area contributed by atoms with Crippen molar-refractivity contribution in [3.63, 3.8) is 0 Å². The molecule has 1 heterocycles. The van der Waals surface area contributed by atoms with Gasteiger partial charge in [0.1, 0.15) is 0 Å². The van der Waals surface area contributed by atoms with E-state index in [2.05, 4.69) is 40.3 Å². The van der Waals surface area contributed by atoms with Crippen LogP contribution in [0.3, 0.4) is 0 Å². The predicted molar refractivity (Wildman–Crippen MR) is 68.5 cm³/mol. The minimum Gasteiger partial charge on any atom is -0.345 e. The van der Waals surface area contributed by atoms with Crippen LogP contribution in [-0.4, -0.2) is 9.97 Å². The maximum Gasteiger partial charge on any atom is 0.0924 e. The number of fused-ring (bicyclic) bond motifs is 1. The summed E-state index contributed by atoms with van der Waals surface area (Å²) < 4.78 is 0. The molecule has 1 N–H and O–H groups in total. The molecule has 3 rings (SSSR count). The Hall–Kier alpha value is -1.54. The number of aryl methyl sites for hydroxylation is 1. The highest BCUT2D eigenvalue weighted by Crippen LogP contribution is 2.32. The molecule has 0 fully saturated rings. The van der Waals surface area contributed by atoms with Crippen LogP contribution in [0.4, 0.5) is 0 Å². The lowest BCUT2D eigenvalue weighted by atomic mass is 10.1. The molecule has 0 aliphatic heterocycles. The van der Waals surface area contributed by atoms with Crippen molar-refractivity contribution in [3.8, 4) is 0 Å². The van der Waals surface area contributed by atoms with Gasteiger partial charge in [-0.25, -0.2) is 4.98 Å². The number of nitrogens with zero attached hydrogens (tertiary/aromatic N) is 1. The lowest BCUT2D eigenvalue weighted by Gasteiger charge is -1.99. The number of nitrogens with one attached hydrogen (secondary N) is 1. The third-order valence-corrected chi connectivity index (χ3v) is 2.88. The third kappa shape index (κ3) is 1.89. The second-order valence-corrected chi connectivity index (χ2v) is 3.83. The Morgan fingerprint density at radius 2 is 2.06 bits per heavy atom. The van der Waals surface area contributed by atoms with Gasteiger partial charge in [0.05, 0.1) is 18.2 Å². The Kier molecular flexibility index (Phi) is 3.11. The van der Waals surface area contributed by atoms with E-state index in [1.807, 2.05) is 6.20 Å². The average molecular weight is 233 g/mol. The summed E-state index contributed by atoms with van der Waals surface area (Å²) in [5.41, 5.74) is 5.35. The summed E-state index contributed by atoms with van der Waals surface area (Å²) in [5, 5.41) is 0. The van der Waals surface area contributed by atoms with Gasteiger partial charge in [0.2, 0.25) is 0 Å². The molecule has 82 valence electrons. The van der Waals surface area contributed by atoms with Gasteiger partial charge in [-0.1, -0.05) is 24.3 Å². The third-order valence-electron chi connectivity index (χ3n) is 2.88. The van der Waals surface area contributed by atoms with E-state index < -0.39 is 0 Å². The average Bonchev–Trinajstić information content (AvgIpc) is 2.89. The molecule has 2 nitrogen and oxygen atoms in total. The van der Waals surface area contributed by atoms with Gasteiger partial charge < -0.3 is 4.98 Å². The summed E-state index contributed by atoms with van der Waals surface area (Å²) in [6.45, 7) is 0. The van der Waals surface area contributed by atoms with E-state index in [1.165, 1.54) is 16.7 Å². The maximum atomic E-state index is 4.02. The van der Waals surface area contributed by atoms with E-state index in [4.69, 9.17) is 0 Å². The second-order valence-electron chi connectivity index (χ2n) is 3.83. The van der Waals surface area contributed by atoms with Gasteiger partial charge >= 0.3 is 0 Å². The number of halogens is 1. The number of rotatable bonds is 1. The summed E-state index contributed by atoms with van der Waals surface area (Å²) in [5.74, 6) is 0. The van der Waals surface area contributed by atoms with Crippen LogP contribution in [0.15, 0.2) is 36.8 Å². The van der Waals surface area contributed by atoms with Crippen molar-refractivity contribution in [2.75, 3.05) is 0 Å². The highest BCUT2D eigenvalue weighted by atomic mass is 35.5. The molecule has 1 aromatic heterocycles. The molecule has 16 heavy (non-hydrogen) atoms. The highest BCUT2D eigenvalue weighted by molar-refractivity contribution is 5.85. The fourth-order valence-electron chi connectivity index (χ4n) is 2.14. The minimum absolute atomic E-state index is 0. The number of benzene rings is 1. The van der Waals surface area contributed by atoms with Crippen molar-refractivity contribution < 1.29 is 0 Å². The van der Waals surface area contributed by atoms with Crippen LogP contribution >= 0.6 is 12.4 Å². The summed E-state index contributed by atoms with van der Waals surface area (Å²) in [7, 11) is 0. The SMILES string of the molecule is C(=C1CCc2ccccc21)c1cnc[nH]1.Cl. The molecule has 1 aliphatic rings. The number of aromatic nitrogens is 2. The molecule has 0 unspecified atom stereocenters. The standard InChI is InChI=1S/C13H12N2.ClH/c1-2-4-13-10(3-1)5-6-11(13)7-12-8-14-9-15-12;/h1-4,7-9H,5-6H2,(H,14,15);1H. The van der Waals surface area contributed by atoms with Crippen LogP contribution in [0, 0.1) is 0 Å². The quantitative estimate of drug-likeness (QED) is 0.803. The highest BCUT2D eigenvalue weighted by Gasteiger charge is 2.14. The Balaban J connectivity index is 0.000000963. The summed E-state index contributed by atoms with van der Waals surface area (Å²) in [6, 6.07) is 8.62. The van der Waals surface area contributed by atoms with E-state index in [9.17, 15) is 0 Å². The first-order chi connectivity index (χ1) is 7.43. The largest absolute Gasteiger partial charge is 0.345 e. The fraction of sp³-hybridized carbons (Fsp3) is 0.154. The molecular formula is C13H13ClN2. The number of hydrogen-bond acceptors (Lipinski definition) is 1. The zero-order valence-corrected chi connectivity index (χ0v) is 9.63. The second kappa shape index (κ2) is 4.54. The molecular weight excluding hydrogens is 220 g/mol. The summed E-state index contributed by atoms with van der Waals surface area (Å²) in [6.07, 6.45) is 8.06. The first-order valence-corrected chi connectivity index (χ1v) is 5.21. The van der Waals surface area contributed by atoms with Crippen LogP contribution < -0.4 is 0 Å². The lowest BCUT2D eigenvalue weighted by Crippen LogP contribution is -1.79. The van der Waals surface area contributed by atoms with Crippen molar-refractivity contribution in [1.29, 1.82) is 0 Å². The lowest BCUT2D eigenvalue weighted by molar-refractivity contribution is 1.08. The molecule has 0 bridgehead atoms. The molecule has 0 amide bonds. The molecule has 0 spiro atoms. The molecule has 0 saturated heterocycles. The van der Waals surface area contributed by atoms with Crippen LogP contribution in [-0.2, 0) is 6.42 Å². The van der Waals surface area contributed by atoms with Crippen molar-refractivity contribution in [2.45, 2.75) is 12.8 Å². The number of aromatic amines is 1. The minimum atomic E-state index is 0. The zero-order valence-electron chi connectivity index (χ0n) is 8.81. The smallest absolute Gasteiger partial charge is 0.0924 e. The molecule has 1 aliphatic carbocycles. The van der Waals surface area contributed by atoms with Gasteiger partial charge in [-0.05, 0) is 35.6 Å². The predicted octanol–water partition coefficient (Wildman–Crippen LogP) is 3.32. The van der Waals surface area contributed by atoms with Gasteiger partial charge in [0.15, 0.2) is 0 Å². The van der Waals surface area contributed by atoms with Gasteiger partial charge in [-0.15, -0.1) is 12.4 Å². The number of H-pyrrole nitrogens is 1. The van der Waals surface area contributed by atoms with Crippen molar-refractivity contribution in [1.82, 2.24) is 9.97 Å².